The van der Waals surface area contributed by atoms with Gasteiger partial charge in [0.1, 0.15) is 0 Å². The van der Waals surface area contributed by atoms with E-state index in [9.17, 15) is 4.79 Å². The Morgan fingerprint density at radius 3 is 2.29 bits per heavy atom. The molecule has 3 heterocycles. The van der Waals surface area contributed by atoms with E-state index >= 15 is 0 Å². The lowest BCUT2D eigenvalue weighted by Gasteiger charge is -2.48. The summed E-state index contributed by atoms with van der Waals surface area (Å²) in [6.07, 6.45) is 6.08. The van der Waals surface area contributed by atoms with Crippen LogP contribution in [0.5, 0.6) is 0 Å². The molecule has 0 spiro atoms. The number of piperazine rings is 1. The Labute approximate surface area is 84.8 Å². The number of fused-ring (bicyclic) bond motifs is 2. The first-order valence-electron chi connectivity index (χ1n) is 5.88. The van der Waals surface area contributed by atoms with Gasteiger partial charge in [-0.05, 0) is 19.3 Å². The van der Waals surface area contributed by atoms with E-state index in [1.165, 1.54) is 19.3 Å². The van der Waals surface area contributed by atoms with Gasteiger partial charge in [-0.3, -0.25) is 4.79 Å². The molecule has 14 heavy (non-hydrogen) atoms. The van der Waals surface area contributed by atoms with E-state index in [0.29, 0.717) is 23.9 Å². The molecule has 3 heteroatoms. The predicted molar refractivity (Wildman–Crippen MR) is 53.9 cm³/mol. The van der Waals surface area contributed by atoms with Crippen molar-refractivity contribution in [2.75, 3.05) is 13.1 Å². The van der Waals surface area contributed by atoms with Crippen LogP contribution in [0.25, 0.3) is 0 Å². The van der Waals surface area contributed by atoms with E-state index in [-0.39, 0.29) is 0 Å². The average molecular weight is 194 g/mol. The van der Waals surface area contributed by atoms with E-state index in [4.69, 9.17) is 0 Å². The van der Waals surface area contributed by atoms with Gasteiger partial charge in [-0.25, -0.2) is 0 Å². The summed E-state index contributed by atoms with van der Waals surface area (Å²) in [5.41, 5.74) is 0. The minimum absolute atomic E-state index is 0.368. The molecule has 4 aliphatic rings. The number of amides is 1. The van der Waals surface area contributed by atoms with Crippen LogP contribution in [0, 0.1) is 5.92 Å². The highest BCUT2D eigenvalue weighted by Gasteiger charge is 2.40. The quantitative estimate of drug-likeness (QED) is 0.668. The third-order valence-electron chi connectivity index (χ3n) is 3.94. The number of nitrogens with one attached hydrogen (secondary N) is 1. The molecule has 2 atom stereocenters. The summed E-state index contributed by atoms with van der Waals surface area (Å²) in [7, 11) is 0. The van der Waals surface area contributed by atoms with Crippen LogP contribution in [0.3, 0.4) is 0 Å². The number of hydrogen-bond donors (Lipinski definition) is 1. The number of hydrogen-bond acceptors (Lipinski definition) is 2. The van der Waals surface area contributed by atoms with Crippen LogP contribution in [-0.2, 0) is 4.79 Å². The van der Waals surface area contributed by atoms with Gasteiger partial charge in [-0.1, -0.05) is 12.8 Å². The number of nitrogens with zero attached hydrogens (tertiary/aromatic N) is 1. The number of rotatable bonds is 1. The fraction of sp³-hybridized carbons (Fsp3) is 0.909. The van der Waals surface area contributed by atoms with Gasteiger partial charge in [0, 0.05) is 31.1 Å². The Hall–Kier alpha value is -0.570. The van der Waals surface area contributed by atoms with E-state index in [1.807, 2.05) is 0 Å². The summed E-state index contributed by atoms with van der Waals surface area (Å²) in [5.74, 6) is 0.811. The van der Waals surface area contributed by atoms with Crippen LogP contribution in [-0.4, -0.2) is 36.0 Å². The molecule has 0 aromatic rings. The van der Waals surface area contributed by atoms with Crippen LogP contribution < -0.4 is 5.32 Å². The van der Waals surface area contributed by atoms with E-state index in [1.54, 1.807) is 0 Å². The monoisotopic (exact) mass is 194 g/mol. The van der Waals surface area contributed by atoms with Gasteiger partial charge in [0.2, 0.25) is 5.91 Å². The van der Waals surface area contributed by atoms with Crippen molar-refractivity contribution in [1.29, 1.82) is 0 Å². The highest BCUT2D eigenvalue weighted by atomic mass is 16.2. The molecular weight excluding hydrogens is 176 g/mol. The summed E-state index contributed by atoms with van der Waals surface area (Å²) in [4.78, 5) is 14.2. The van der Waals surface area contributed by atoms with Crippen molar-refractivity contribution < 1.29 is 4.79 Å². The zero-order valence-corrected chi connectivity index (χ0v) is 8.54. The van der Waals surface area contributed by atoms with Crippen molar-refractivity contribution >= 4 is 5.91 Å². The molecular formula is C11H18N2O. The Kier molecular flexibility index (Phi) is 2.01. The van der Waals surface area contributed by atoms with Crippen LogP contribution in [0.2, 0.25) is 0 Å². The second-order valence-corrected chi connectivity index (χ2v) is 5.02. The smallest absolute Gasteiger partial charge is 0.225 e. The van der Waals surface area contributed by atoms with Crippen molar-refractivity contribution in [3.05, 3.63) is 0 Å². The lowest BCUT2D eigenvalue weighted by Crippen LogP contribution is -2.68. The first kappa shape index (κ1) is 8.72. The third-order valence-corrected chi connectivity index (χ3v) is 3.94. The van der Waals surface area contributed by atoms with Crippen LogP contribution in [0.4, 0.5) is 0 Å². The van der Waals surface area contributed by atoms with Gasteiger partial charge < -0.3 is 10.2 Å². The van der Waals surface area contributed by atoms with Crippen molar-refractivity contribution in [1.82, 2.24) is 10.2 Å². The first-order chi connectivity index (χ1) is 6.83. The van der Waals surface area contributed by atoms with Crippen LogP contribution in [0.15, 0.2) is 0 Å². The summed E-state index contributed by atoms with van der Waals surface area (Å²) < 4.78 is 0. The highest BCUT2D eigenvalue weighted by Crippen LogP contribution is 2.29. The molecule has 3 saturated heterocycles. The van der Waals surface area contributed by atoms with Gasteiger partial charge in [0.05, 0.1) is 0 Å². The minimum atomic E-state index is 0.368. The Balaban J connectivity index is 1.61. The predicted octanol–water partition coefficient (Wildman–Crippen LogP) is 0.749. The molecule has 0 radical (unpaired) electrons. The van der Waals surface area contributed by atoms with Gasteiger partial charge in [-0.15, -0.1) is 0 Å². The standard InChI is InChI=1S/C11H18N2O/c14-11(8-3-1-2-4-8)13-6-9-5-10(7-13)12-9/h8-10,12H,1-7H2/t9-,10+. The van der Waals surface area contributed by atoms with Crippen molar-refractivity contribution in [3.63, 3.8) is 0 Å². The molecule has 78 valence electrons. The Morgan fingerprint density at radius 2 is 1.71 bits per heavy atom. The lowest BCUT2D eigenvalue weighted by molar-refractivity contribution is -0.139. The van der Waals surface area contributed by atoms with Crippen molar-refractivity contribution in [2.24, 2.45) is 5.92 Å². The SMILES string of the molecule is O=C(C1CCCC1)N1C[C@H]2C[C@@H](C1)N2. The number of carbonyl (C=O) groups is 1. The van der Waals surface area contributed by atoms with Crippen molar-refractivity contribution in [2.45, 2.75) is 44.2 Å². The third kappa shape index (κ3) is 1.34. The van der Waals surface area contributed by atoms with Crippen molar-refractivity contribution in [3.8, 4) is 0 Å². The molecule has 1 N–H and O–H groups in total. The van der Waals surface area contributed by atoms with Gasteiger partial charge >= 0.3 is 0 Å². The first-order valence-corrected chi connectivity index (χ1v) is 5.88. The molecule has 4 fully saturated rings. The number of carbonyl (C=O) groups excluding carboxylic acids is 1. The molecule has 0 aromatic carbocycles. The highest BCUT2D eigenvalue weighted by molar-refractivity contribution is 5.79. The zero-order valence-electron chi connectivity index (χ0n) is 8.54. The fourth-order valence-corrected chi connectivity index (χ4v) is 3.12. The van der Waals surface area contributed by atoms with Crippen LogP contribution in [0.1, 0.15) is 32.1 Å². The largest absolute Gasteiger partial charge is 0.339 e. The molecule has 0 unspecified atom stereocenters. The fourth-order valence-electron chi connectivity index (χ4n) is 3.12. The molecule has 3 nitrogen and oxygen atoms in total. The van der Waals surface area contributed by atoms with Gasteiger partial charge in [0.15, 0.2) is 0 Å². The van der Waals surface area contributed by atoms with E-state index in [0.717, 1.165) is 25.9 Å². The Bertz CT molecular complexity index is 232. The molecule has 1 aliphatic carbocycles. The Morgan fingerprint density at radius 1 is 1.14 bits per heavy atom. The molecule has 1 saturated carbocycles. The molecule has 0 aromatic heterocycles. The summed E-state index contributed by atoms with van der Waals surface area (Å²) in [5, 5.41) is 3.46. The average Bonchev–Trinajstić information content (AvgIpc) is 2.68. The zero-order chi connectivity index (χ0) is 9.54. The minimum Gasteiger partial charge on any atom is -0.339 e. The molecule has 4 rings (SSSR count). The molecule has 3 aliphatic heterocycles. The van der Waals surface area contributed by atoms with Gasteiger partial charge in [-0.2, -0.15) is 0 Å². The maximum Gasteiger partial charge on any atom is 0.225 e. The van der Waals surface area contributed by atoms with Crippen LogP contribution >= 0.6 is 0 Å². The lowest BCUT2D eigenvalue weighted by atomic mass is 9.90. The summed E-state index contributed by atoms with van der Waals surface area (Å²) in [6.45, 7) is 1.93. The van der Waals surface area contributed by atoms with E-state index in [2.05, 4.69) is 10.2 Å². The second kappa shape index (κ2) is 3.23. The van der Waals surface area contributed by atoms with E-state index < -0.39 is 0 Å². The van der Waals surface area contributed by atoms with Gasteiger partial charge in [0.25, 0.3) is 0 Å². The summed E-state index contributed by atoms with van der Waals surface area (Å²) >= 11 is 0. The maximum atomic E-state index is 12.1. The maximum absolute atomic E-state index is 12.1. The normalized spacial score (nSPS) is 37.0. The number of piperidine rings is 1. The summed E-state index contributed by atoms with van der Waals surface area (Å²) in [6, 6.07) is 1.22. The molecule has 1 amide bonds. The second-order valence-electron chi connectivity index (χ2n) is 5.02. The molecule has 2 bridgehead atoms. The topological polar surface area (TPSA) is 32.3 Å².